The van der Waals surface area contributed by atoms with Crippen LogP contribution >= 0.6 is 11.3 Å². The van der Waals surface area contributed by atoms with Crippen LogP contribution in [-0.4, -0.2) is 47.1 Å². The number of aromatic nitrogens is 2. The number of hydrogen-bond acceptors (Lipinski definition) is 8. The van der Waals surface area contributed by atoms with E-state index in [1.165, 1.54) is 29.5 Å². The number of hydrogen-bond donors (Lipinski definition) is 1. The first-order valence-corrected chi connectivity index (χ1v) is 9.92. The van der Waals surface area contributed by atoms with Crippen LogP contribution in [0.3, 0.4) is 0 Å². The largest absolute Gasteiger partial charge is 0.378 e. The zero-order valence-corrected chi connectivity index (χ0v) is 16.8. The topological polar surface area (TPSA) is 110 Å². The summed E-state index contributed by atoms with van der Waals surface area (Å²) in [6.45, 7) is 6.44. The van der Waals surface area contributed by atoms with Gasteiger partial charge in [0, 0.05) is 30.9 Å². The van der Waals surface area contributed by atoms with Crippen LogP contribution in [0.25, 0.3) is 10.2 Å². The van der Waals surface area contributed by atoms with Crippen molar-refractivity contribution in [2.24, 2.45) is 0 Å². The Labute approximate surface area is 170 Å². The molecule has 1 aliphatic rings. The molecule has 3 aromatic rings. The number of nitrogens with zero attached hydrogens (tertiary/aromatic N) is 4. The number of amides is 1. The predicted octanol–water partition coefficient (Wildman–Crippen LogP) is 3.31. The Morgan fingerprint density at radius 2 is 2.03 bits per heavy atom. The van der Waals surface area contributed by atoms with Crippen molar-refractivity contribution in [2.45, 2.75) is 13.8 Å². The van der Waals surface area contributed by atoms with Gasteiger partial charge in [-0.05, 0) is 25.5 Å². The second-order valence-corrected chi connectivity index (χ2v) is 7.69. The first-order valence-electron chi connectivity index (χ1n) is 9.10. The van der Waals surface area contributed by atoms with Crippen molar-refractivity contribution in [3.05, 3.63) is 50.6 Å². The number of rotatable bonds is 4. The number of anilines is 2. The molecule has 0 atom stereocenters. The summed E-state index contributed by atoms with van der Waals surface area (Å²) in [6.07, 6.45) is 0. The third-order valence-corrected chi connectivity index (χ3v) is 5.90. The van der Waals surface area contributed by atoms with Crippen molar-refractivity contribution >= 4 is 44.7 Å². The van der Waals surface area contributed by atoms with E-state index < -0.39 is 4.92 Å². The summed E-state index contributed by atoms with van der Waals surface area (Å²) in [5, 5.41) is 14.6. The van der Waals surface area contributed by atoms with E-state index in [1.807, 2.05) is 13.8 Å². The first kappa shape index (κ1) is 19.2. The molecule has 1 amide bonds. The lowest BCUT2D eigenvalue weighted by atomic mass is 10.1. The normalized spacial score (nSPS) is 14.2. The van der Waals surface area contributed by atoms with Gasteiger partial charge in [0.05, 0.1) is 28.4 Å². The summed E-state index contributed by atoms with van der Waals surface area (Å²) < 4.78 is 5.44. The smallest absolute Gasteiger partial charge is 0.271 e. The van der Waals surface area contributed by atoms with E-state index in [9.17, 15) is 14.9 Å². The number of carbonyl (C=O) groups excluding carboxylic acids is 1. The van der Waals surface area contributed by atoms with Crippen LogP contribution in [0.2, 0.25) is 0 Å². The van der Waals surface area contributed by atoms with E-state index in [0.717, 1.165) is 34.7 Å². The predicted molar refractivity (Wildman–Crippen MR) is 111 cm³/mol. The van der Waals surface area contributed by atoms with E-state index in [2.05, 4.69) is 20.2 Å². The molecule has 0 aliphatic carbocycles. The molecular weight excluding hydrogens is 394 g/mol. The fraction of sp³-hybridized carbons (Fsp3) is 0.316. The molecule has 150 valence electrons. The molecule has 0 bridgehead atoms. The van der Waals surface area contributed by atoms with E-state index in [4.69, 9.17) is 4.74 Å². The van der Waals surface area contributed by atoms with Gasteiger partial charge >= 0.3 is 0 Å². The summed E-state index contributed by atoms with van der Waals surface area (Å²) in [6, 6.07) is 5.88. The van der Waals surface area contributed by atoms with E-state index in [1.54, 1.807) is 6.07 Å². The van der Waals surface area contributed by atoms with Crippen molar-refractivity contribution in [1.82, 2.24) is 9.97 Å². The lowest BCUT2D eigenvalue weighted by molar-refractivity contribution is -0.384. The summed E-state index contributed by atoms with van der Waals surface area (Å²) in [5.41, 5.74) is 1.10. The maximum absolute atomic E-state index is 12.9. The SMILES string of the molecule is Cc1nc(N2CCOCC2)c2c(C)c(C(=O)Nc3cccc([N+](=O)[O-])c3)sc2n1. The van der Waals surface area contributed by atoms with E-state index in [-0.39, 0.29) is 11.6 Å². The fourth-order valence-corrected chi connectivity index (χ4v) is 4.44. The molecular formula is C19H19N5O4S. The van der Waals surface area contributed by atoms with Gasteiger partial charge in [0.15, 0.2) is 0 Å². The molecule has 0 spiro atoms. The monoisotopic (exact) mass is 413 g/mol. The number of benzene rings is 1. The van der Waals surface area contributed by atoms with Crippen LogP contribution in [0, 0.1) is 24.0 Å². The molecule has 1 aliphatic heterocycles. The lowest BCUT2D eigenvalue weighted by Crippen LogP contribution is -2.37. The number of ether oxygens (including phenoxy) is 1. The number of fused-ring (bicyclic) bond motifs is 1. The van der Waals surface area contributed by atoms with Crippen LogP contribution in [0.4, 0.5) is 17.2 Å². The summed E-state index contributed by atoms with van der Waals surface area (Å²) >= 11 is 1.30. The van der Waals surface area contributed by atoms with E-state index >= 15 is 0 Å². The number of thiophene rings is 1. The second kappa shape index (κ2) is 7.72. The fourth-order valence-electron chi connectivity index (χ4n) is 3.33. The minimum absolute atomic E-state index is 0.0769. The van der Waals surface area contributed by atoms with Gasteiger partial charge < -0.3 is 15.0 Å². The molecule has 10 heteroatoms. The molecule has 1 saturated heterocycles. The number of nitro benzene ring substituents is 1. The Kier molecular flexibility index (Phi) is 5.12. The second-order valence-electron chi connectivity index (χ2n) is 6.69. The highest BCUT2D eigenvalue weighted by atomic mass is 32.1. The first-order chi connectivity index (χ1) is 13.9. The lowest BCUT2D eigenvalue weighted by Gasteiger charge is -2.28. The Morgan fingerprint density at radius 1 is 1.28 bits per heavy atom. The van der Waals surface area contributed by atoms with Gasteiger partial charge in [-0.3, -0.25) is 14.9 Å². The van der Waals surface area contributed by atoms with Crippen molar-refractivity contribution < 1.29 is 14.5 Å². The van der Waals surface area contributed by atoms with Crippen LogP contribution in [0.5, 0.6) is 0 Å². The average molecular weight is 413 g/mol. The van der Waals surface area contributed by atoms with Gasteiger partial charge in [-0.1, -0.05) is 6.07 Å². The Balaban J connectivity index is 1.71. The molecule has 3 heterocycles. The number of carbonyl (C=O) groups is 1. The zero-order valence-electron chi connectivity index (χ0n) is 16.0. The van der Waals surface area contributed by atoms with Crippen LogP contribution in [-0.2, 0) is 4.74 Å². The molecule has 9 nitrogen and oxygen atoms in total. The molecule has 2 aromatic heterocycles. The number of non-ortho nitro benzene ring substituents is 1. The molecule has 1 aromatic carbocycles. The maximum atomic E-state index is 12.9. The van der Waals surface area contributed by atoms with E-state index in [0.29, 0.717) is 29.6 Å². The maximum Gasteiger partial charge on any atom is 0.271 e. The van der Waals surface area contributed by atoms with Gasteiger partial charge in [-0.15, -0.1) is 11.3 Å². The van der Waals surface area contributed by atoms with Crippen molar-refractivity contribution in [2.75, 3.05) is 36.5 Å². The van der Waals surface area contributed by atoms with Gasteiger partial charge in [0.1, 0.15) is 16.5 Å². The minimum atomic E-state index is -0.493. The number of aryl methyl sites for hydroxylation is 2. The van der Waals surface area contributed by atoms with Gasteiger partial charge in [0.2, 0.25) is 0 Å². The molecule has 0 radical (unpaired) electrons. The highest BCUT2D eigenvalue weighted by molar-refractivity contribution is 7.20. The van der Waals surface area contributed by atoms with Crippen molar-refractivity contribution in [1.29, 1.82) is 0 Å². The minimum Gasteiger partial charge on any atom is -0.378 e. The van der Waals surface area contributed by atoms with Gasteiger partial charge in [-0.2, -0.15) is 0 Å². The third kappa shape index (κ3) is 3.76. The summed E-state index contributed by atoms with van der Waals surface area (Å²) in [4.78, 5) is 36.0. The highest BCUT2D eigenvalue weighted by Crippen LogP contribution is 2.36. The number of nitrogens with one attached hydrogen (secondary N) is 1. The Bertz CT molecular complexity index is 1110. The standard InChI is InChI=1S/C19H19N5O4S/c1-11-15-17(23-6-8-28-9-7-23)20-12(2)21-19(15)29-16(11)18(25)22-13-4-3-5-14(10-13)24(26)27/h3-5,10H,6-9H2,1-2H3,(H,22,25). The molecule has 29 heavy (non-hydrogen) atoms. The molecule has 0 saturated carbocycles. The molecule has 1 fully saturated rings. The zero-order chi connectivity index (χ0) is 20.5. The van der Waals surface area contributed by atoms with Crippen molar-refractivity contribution in [3.8, 4) is 0 Å². The molecule has 1 N–H and O–H groups in total. The van der Waals surface area contributed by atoms with Crippen molar-refractivity contribution in [3.63, 3.8) is 0 Å². The number of morpholine rings is 1. The van der Waals surface area contributed by atoms with Gasteiger partial charge in [0.25, 0.3) is 11.6 Å². The Hall–Kier alpha value is -3.11. The average Bonchev–Trinajstić information content (AvgIpc) is 3.04. The van der Waals surface area contributed by atoms with Crippen LogP contribution in [0.15, 0.2) is 24.3 Å². The Morgan fingerprint density at radius 3 is 2.76 bits per heavy atom. The quantitative estimate of drug-likeness (QED) is 0.516. The third-order valence-electron chi connectivity index (χ3n) is 4.71. The molecule has 0 unspecified atom stereocenters. The number of nitro groups is 1. The van der Waals surface area contributed by atoms with Gasteiger partial charge in [-0.25, -0.2) is 9.97 Å². The summed E-state index contributed by atoms with van der Waals surface area (Å²) in [5.74, 6) is 1.14. The summed E-state index contributed by atoms with van der Waals surface area (Å²) in [7, 11) is 0. The molecule has 4 rings (SSSR count). The van der Waals surface area contributed by atoms with Crippen LogP contribution in [0.1, 0.15) is 21.1 Å². The van der Waals surface area contributed by atoms with Crippen LogP contribution < -0.4 is 10.2 Å². The highest BCUT2D eigenvalue weighted by Gasteiger charge is 2.24.